The van der Waals surface area contributed by atoms with Gasteiger partial charge in [-0.15, -0.1) is 0 Å². The first-order valence-electron chi connectivity index (χ1n) is 17.2. The largest absolute Gasteiger partial charge is 0.456 e. The van der Waals surface area contributed by atoms with E-state index in [0.29, 0.717) is 11.4 Å². The first kappa shape index (κ1) is 29.6. The van der Waals surface area contributed by atoms with Crippen LogP contribution in [0.5, 0.6) is 0 Å². The van der Waals surface area contributed by atoms with Crippen molar-refractivity contribution >= 4 is 43.7 Å². The second-order valence-electron chi connectivity index (χ2n) is 12.9. The lowest BCUT2D eigenvalue weighted by molar-refractivity contribution is 0.669. The molecule has 0 saturated heterocycles. The first-order chi connectivity index (χ1) is 25.7. The van der Waals surface area contributed by atoms with E-state index < -0.39 is 0 Å². The van der Waals surface area contributed by atoms with E-state index in [1.807, 2.05) is 84.9 Å². The van der Waals surface area contributed by atoms with Gasteiger partial charge in [-0.25, -0.2) is 9.97 Å². The van der Waals surface area contributed by atoms with Gasteiger partial charge in [-0.05, 0) is 71.8 Å². The molecular formula is C47H28N4O. The summed E-state index contributed by atoms with van der Waals surface area (Å²) in [6, 6.07) is 60.2. The van der Waals surface area contributed by atoms with Crippen LogP contribution in [-0.4, -0.2) is 14.5 Å². The van der Waals surface area contributed by atoms with Crippen molar-refractivity contribution in [1.82, 2.24) is 14.5 Å². The molecule has 0 spiro atoms. The van der Waals surface area contributed by atoms with Gasteiger partial charge in [-0.1, -0.05) is 109 Å². The summed E-state index contributed by atoms with van der Waals surface area (Å²) in [7, 11) is 0. The van der Waals surface area contributed by atoms with Crippen molar-refractivity contribution in [3.63, 3.8) is 0 Å². The summed E-state index contributed by atoms with van der Waals surface area (Å²) in [5, 5.41) is 14.0. The van der Waals surface area contributed by atoms with Crippen LogP contribution in [0, 0.1) is 11.3 Å². The van der Waals surface area contributed by atoms with Crippen LogP contribution >= 0.6 is 0 Å². The van der Waals surface area contributed by atoms with E-state index in [9.17, 15) is 5.26 Å². The fourth-order valence-electron chi connectivity index (χ4n) is 7.39. The van der Waals surface area contributed by atoms with Gasteiger partial charge in [0.25, 0.3) is 0 Å². The number of hydrogen-bond acceptors (Lipinski definition) is 4. The Bertz CT molecular complexity index is 2950. The van der Waals surface area contributed by atoms with Gasteiger partial charge >= 0.3 is 0 Å². The molecule has 0 bridgehead atoms. The van der Waals surface area contributed by atoms with Crippen LogP contribution in [0.25, 0.3) is 94.5 Å². The monoisotopic (exact) mass is 664 g/mol. The number of para-hydroxylation sites is 2. The van der Waals surface area contributed by atoms with Crippen LogP contribution in [0.1, 0.15) is 5.56 Å². The van der Waals surface area contributed by atoms with Crippen molar-refractivity contribution in [1.29, 1.82) is 5.26 Å². The number of benzene rings is 7. The minimum Gasteiger partial charge on any atom is -0.456 e. The Morgan fingerprint density at radius 2 is 1.13 bits per heavy atom. The third kappa shape index (κ3) is 4.86. The summed E-state index contributed by atoms with van der Waals surface area (Å²) in [6.07, 6.45) is 0. The zero-order chi connectivity index (χ0) is 34.6. The summed E-state index contributed by atoms with van der Waals surface area (Å²) in [4.78, 5) is 10.3. The molecule has 0 atom stereocenters. The van der Waals surface area contributed by atoms with Crippen molar-refractivity contribution in [3.05, 3.63) is 175 Å². The summed E-state index contributed by atoms with van der Waals surface area (Å²) < 4.78 is 8.77. The molecule has 0 aliphatic heterocycles. The summed E-state index contributed by atoms with van der Waals surface area (Å²) in [5.41, 5.74) is 12.1. The Labute approximate surface area is 299 Å². The molecule has 0 aliphatic rings. The number of rotatable bonds is 5. The highest BCUT2D eigenvalue weighted by molar-refractivity contribution is 6.24. The third-order valence-corrected chi connectivity index (χ3v) is 9.82. The first-order valence-corrected chi connectivity index (χ1v) is 17.2. The zero-order valence-corrected chi connectivity index (χ0v) is 27.9. The molecule has 10 aromatic rings. The SMILES string of the molecule is N#Cc1ccc(-c2cc(-c3cc(-c4ccccc4)nc(-c4ccccc4)n3)cc(-n3c4ccccc4c4ccc5oc6ccccc6c5c43)c2)cc1. The van der Waals surface area contributed by atoms with Gasteiger partial charge in [0.15, 0.2) is 5.82 Å². The van der Waals surface area contributed by atoms with Gasteiger partial charge in [0.1, 0.15) is 11.2 Å². The van der Waals surface area contributed by atoms with E-state index in [0.717, 1.165) is 88.6 Å². The van der Waals surface area contributed by atoms with Crippen molar-refractivity contribution in [2.45, 2.75) is 0 Å². The van der Waals surface area contributed by atoms with Crippen molar-refractivity contribution < 1.29 is 4.42 Å². The van der Waals surface area contributed by atoms with Gasteiger partial charge in [0.2, 0.25) is 0 Å². The van der Waals surface area contributed by atoms with Crippen LogP contribution in [0.2, 0.25) is 0 Å². The average Bonchev–Trinajstić information content (AvgIpc) is 3.77. The molecule has 7 aromatic carbocycles. The topological polar surface area (TPSA) is 67.6 Å². The molecule has 0 N–H and O–H groups in total. The Morgan fingerprint density at radius 3 is 1.90 bits per heavy atom. The Kier molecular flexibility index (Phi) is 6.80. The number of fused-ring (bicyclic) bond motifs is 7. The fraction of sp³-hybridized carbons (Fsp3) is 0. The lowest BCUT2D eigenvalue weighted by Crippen LogP contribution is -1.99. The number of aromatic nitrogens is 3. The maximum Gasteiger partial charge on any atom is 0.160 e. The number of furan rings is 1. The highest BCUT2D eigenvalue weighted by atomic mass is 16.3. The second-order valence-corrected chi connectivity index (χ2v) is 12.9. The quantitative estimate of drug-likeness (QED) is 0.184. The Morgan fingerprint density at radius 1 is 0.481 bits per heavy atom. The Hall–Kier alpha value is -7.29. The van der Waals surface area contributed by atoms with Crippen LogP contribution < -0.4 is 0 Å². The van der Waals surface area contributed by atoms with E-state index in [-0.39, 0.29) is 0 Å². The van der Waals surface area contributed by atoms with Gasteiger partial charge in [0.05, 0.1) is 39.4 Å². The highest BCUT2D eigenvalue weighted by Gasteiger charge is 2.20. The Balaban J connectivity index is 1.30. The maximum absolute atomic E-state index is 9.57. The molecule has 3 aromatic heterocycles. The van der Waals surface area contributed by atoms with Crippen LogP contribution in [0.4, 0.5) is 0 Å². The second kappa shape index (κ2) is 11.9. The molecule has 0 amide bonds. The number of nitrogens with zero attached hydrogens (tertiary/aromatic N) is 4. The highest BCUT2D eigenvalue weighted by Crippen LogP contribution is 2.42. The van der Waals surface area contributed by atoms with E-state index in [1.165, 1.54) is 0 Å². The molecular weight excluding hydrogens is 637 g/mol. The smallest absolute Gasteiger partial charge is 0.160 e. The van der Waals surface area contributed by atoms with Crippen LogP contribution in [0.15, 0.2) is 174 Å². The third-order valence-electron chi connectivity index (χ3n) is 9.82. The summed E-state index contributed by atoms with van der Waals surface area (Å²) in [5.74, 6) is 0.658. The van der Waals surface area contributed by atoms with Crippen molar-refractivity contribution in [3.8, 4) is 56.8 Å². The number of nitriles is 1. The number of hydrogen-bond donors (Lipinski definition) is 0. The van der Waals surface area contributed by atoms with E-state index in [1.54, 1.807) is 0 Å². The molecule has 5 nitrogen and oxygen atoms in total. The standard InChI is InChI=1S/C47H28N4O/c48-29-30-19-21-31(22-20-30)34-25-35(41-28-40(32-11-3-1-4-12-32)49-47(50-41)33-13-5-2-6-14-33)27-36(26-34)51-42-17-9-7-15-37(42)38-23-24-44-45(46(38)51)39-16-8-10-18-43(39)52-44/h1-28H. The minimum atomic E-state index is 0.618. The predicted molar refractivity (Wildman–Crippen MR) is 210 cm³/mol. The molecule has 0 radical (unpaired) electrons. The van der Waals surface area contributed by atoms with Gasteiger partial charge in [0, 0.05) is 38.5 Å². The maximum atomic E-state index is 9.57. The van der Waals surface area contributed by atoms with E-state index in [4.69, 9.17) is 14.4 Å². The minimum absolute atomic E-state index is 0.618. The molecule has 0 aliphatic carbocycles. The van der Waals surface area contributed by atoms with Crippen LogP contribution in [0.3, 0.4) is 0 Å². The zero-order valence-electron chi connectivity index (χ0n) is 27.9. The summed E-state index contributed by atoms with van der Waals surface area (Å²) >= 11 is 0. The van der Waals surface area contributed by atoms with E-state index in [2.05, 4.69) is 95.6 Å². The van der Waals surface area contributed by atoms with Crippen molar-refractivity contribution in [2.75, 3.05) is 0 Å². The van der Waals surface area contributed by atoms with Crippen molar-refractivity contribution in [2.24, 2.45) is 0 Å². The average molecular weight is 665 g/mol. The lowest BCUT2D eigenvalue weighted by atomic mass is 9.98. The fourth-order valence-corrected chi connectivity index (χ4v) is 7.39. The molecule has 3 heterocycles. The normalized spacial score (nSPS) is 11.4. The molecule has 0 unspecified atom stereocenters. The van der Waals surface area contributed by atoms with Gasteiger partial charge in [-0.3, -0.25) is 0 Å². The predicted octanol–water partition coefficient (Wildman–Crippen LogP) is 12.0. The van der Waals surface area contributed by atoms with Gasteiger partial charge in [-0.2, -0.15) is 5.26 Å². The van der Waals surface area contributed by atoms with E-state index >= 15 is 0 Å². The molecule has 242 valence electrons. The van der Waals surface area contributed by atoms with Crippen LogP contribution in [-0.2, 0) is 0 Å². The molecule has 0 saturated carbocycles. The molecule has 52 heavy (non-hydrogen) atoms. The van der Waals surface area contributed by atoms with Gasteiger partial charge < -0.3 is 8.98 Å². The molecule has 10 rings (SSSR count). The molecule has 5 heteroatoms. The molecule has 0 fully saturated rings. The summed E-state index contributed by atoms with van der Waals surface area (Å²) in [6.45, 7) is 0. The lowest BCUT2D eigenvalue weighted by Gasteiger charge is -2.15.